The third-order valence-corrected chi connectivity index (χ3v) is 3.10. The molecule has 1 aliphatic rings. The van der Waals surface area contributed by atoms with Crippen molar-refractivity contribution in [3.63, 3.8) is 0 Å². The summed E-state index contributed by atoms with van der Waals surface area (Å²) < 4.78 is 0. The van der Waals surface area contributed by atoms with Crippen LogP contribution in [0.4, 0.5) is 0 Å². The highest BCUT2D eigenvalue weighted by Crippen LogP contribution is 2.07. The lowest BCUT2D eigenvalue weighted by Crippen LogP contribution is -2.54. The molecule has 0 radical (unpaired) electrons. The summed E-state index contributed by atoms with van der Waals surface area (Å²) in [4.78, 5) is 2.38. The van der Waals surface area contributed by atoms with Crippen molar-refractivity contribution in [2.24, 2.45) is 5.92 Å². The van der Waals surface area contributed by atoms with Crippen LogP contribution in [0.15, 0.2) is 0 Å². The van der Waals surface area contributed by atoms with Gasteiger partial charge in [-0.15, -0.1) is 0 Å². The largest absolute Gasteiger partial charge is 0.304 e. The Hall–Kier alpha value is -0.120. The maximum atomic E-state index is 3.63. The van der Waals surface area contributed by atoms with Gasteiger partial charge in [0.2, 0.25) is 0 Å². The SMILES string of the molecule is CCC(NN1CCN(C)CC1)C(C)C. The van der Waals surface area contributed by atoms with Crippen LogP contribution in [0, 0.1) is 5.92 Å². The zero-order valence-corrected chi connectivity index (χ0v) is 10.1. The van der Waals surface area contributed by atoms with E-state index < -0.39 is 0 Å². The van der Waals surface area contributed by atoms with Gasteiger partial charge < -0.3 is 4.90 Å². The van der Waals surface area contributed by atoms with E-state index in [4.69, 9.17) is 0 Å². The second-order valence-corrected chi connectivity index (χ2v) is 4.68. The summed E-state index contributed by atoms with van der Waals surface area (Å²) in [5.41, 5.74) is 3.63. The van der Waals surface area contributed by atoms with Crippen LogP contribution in [0.2, 0.25) is 0 Å². The van der Waals surface area contributed by atoms with Gasteiger partial charge >= 0.3 is 0 Å². The highest BCUT2D eigenvalue weighted by molar-refractivity contribution is 4.72. The first-order chi connectivity index (χ1) is 6.63. The molecule has 1 fully saturated rings. The van der Waals surface area contributed by atoms with E-state index in [1.807, 2.05) is 0 Å². The lowest BCUT2D eigenvalue weighted by Gasteiger charge is -2.36. The smallest absolute Gasteiger partial charge is 0.0259 e. The van der Waals surface area contributed by atoms with Crippen molar-refractivity contribution in [3.8, 4) is 0 Å². The molecule has 14 heavy (non-hydrogen) atoms. The Labute approximate surface area is 88.4 Å². The quantitative estimate of drug-likeness (QED) is 0.733. The molecule has 3 nitrogen and oxygen atoms in total. The van der Waals surface area contributed by atoms with Gasteiger partial charge in [0.25, 0.3) is 0 Å². The molecule has 1 saturated heterocycles. The Morgan fingerprint density at radius 3 is 2.14 bits per heavy atom. The molecule has 1 unspecified atom stereocenters. The van der Waals surface area contributed by atoms with Gasteiger partial charge in [0.15, 0.2) is 0 Å². The Morgan fingerprint density at radius 2 is 1.71 bits per heavy atom. The first kappa shape index (κ1) is 12.0. The van der Waals surface area contributed by atoms with Gasteiger partial charge in [-0.05, 0) is 19.4 Å². The van der Waals surface area contributed by atoms with Crippen LogP contribution in [-0.4, -0.2) is 49.2 Å². The number of nitrogens with zero attached hydrogens (tertiary/aromatic N) is 2. The molecule has 1 rings (SSSR count). The van der Waals surface area contributed by atoms with Crippen LogP contribution >= 0.6 is 0 Å². The zero-order valence-electron chi connectivity index (χ0n) is 10.1. The molecule has 1 heterocycles. The number of rotatable bonds is 4. The molecule has 0 amide bonds. The number of hydrogen-bond acceptors (Lipinski definition) is 3. The molecule has 0 aromatic carbocycles. The highest BCUT2D eigenvalue weighted by Gasteiger charge is 2.18. The van der Waals surface area contributed by atoms with Gasteiger partial charge in [-0.1, -0.05) is 20.8 Å². The Morgan fingerprint density at radius 1 is 1.14 bits per heavy atom. The standard InChI is InChI=1S/C11H25N3/c1-5-11(10(2)3)12-14-8-6-13(4)7-9-14/h10-12H,5-9H2,1-4H3. The number of likely N-dealkylation sites (N-methyl/N-ethyl adjacent to an activating group) is 1. The van der Waals surface area contributed by atoms with E-state index in [9.17, 15) is 0 Å². The number of hydrogen-bond donors (Lipinski definition) is 1. The van der Waals surface area contributed by atoms with Gasteiger partial charge in [0, 0.05) is 32.2 Å². The second-order valence-electron chi connectivity index (χ2n) is 4.68. The maximum Gasteiger partial charge on any atom is 0.0259 e. The van der Waals surface area contributed by atoms with E-state index in [0.717, 1.165) is 19.0 Å². The van der Waals surface area contributed by atoms with E-state index in [0.29, 0.717) is 6.04 Å². The highest BCUT2D eigenvalue weighted by atomic mass is 15.5. The molecule has 0 saturated carbocycles. The number of hydrazine groups is 1. The zero-order chi connectivity index (χ0) is 10.6. The topological polar surface area (TPSA) is 18.5 Å². The third-order valence-electron chi connectivity index (χ3n) is 3.10. The van der Waals surface area contributed by atoms with Crippen molar-refractivity contribution in [1.82, 2.24) is 15.3 Å². The molecule has 1 aliphatic heterocycles. The van der Waals surface area contributed by atoms with E-state index in [-0.39, 0.29) is 0 Å². The first-order valence-corrected chi connectivity index (χ1v) is 5.83. The summed E-state index contributed by atoms with van der Waals surface area (Å²) in [6, 6.07) is 0.637. The second kappa shape index (κ2) is 5.69. The van der Waals surface area contributed by atoms with Crippen LogP contribution in [0.5, 0.6) is 0 Å². The summed E-state index contributed by atoms with van der Waals surface area (Å²) in [6.07, 6.45) is 1.21. The van der Waals surface area contributed by atoms with E-state index in [1.54, 1.807) is 0 Å². The number of nitrogens with one attached hydrogen (secondary N) is 1. The Balaban J connectivity index is 2.29. The lowest BCUT2D eigenvalue weighted by atomic mass is 10.0. The van der Waals surface area contributed by atoms with Crippen molar-refractivity contribution in [1.29, 1.82) is 0 Å². The summed E-state index contributed by atoms with van der Waals surface area (Å²) in [6.45, 7) is 11.5. The average molecular weight is 199 g/mol. The molecule has 0 aromatic rings. The fraction of sp³-hybridized carbons (Fsp3) is 1.00. The fourth-order valence-electron chi connectivity index (χ4n) is 1.88. The Bertz CT molecular complexity index is 151. The van der Waals surface area contributed by atoms with Crippen molar-refractivity contribution in [2.45, 2.75) is 33.2 Å². The molecular formula is C11H25N3. The van der Waals surface area contributed by atoms with Gasteiger partial charge in [-0.25, -0.2) is 5.01 Å². The van der Waals surface area contributed by atoms with Crippen LogP contribution < -0.4 is 5.43 Å². The monoisotopic (exact) mass is 199 g/mol. The minimum absolute atomic E-state index is 0.637. The first-order valence-electron chi connectivity index (χ1n) is 5.83. The van der Waals surface area contributed by atoms with Crippen LogP contribution in [0.25, 0.3) is 0 Å². The summed E-state index contributed by atoms with van der Waals surface area (Å²) in [5, 5.41) is 2.38. The average Bonchev–Trinajstić information content (AvgIpc) is 2.16. The molecular weight excluding hydrogens is 174 g/mol. The molecule has 0 bridgehead atoms. The summed E-state index contributed by atoms with van der Waals surface area (Å²) >= 11 is 0. The van der Waals surface area contributed by atoms with Crippen molar-refractivity contribution < 1.29 is 0 Å². The van der Waals surface area contributed by atoms with Gasteiger partial charge in [0.05, 0.1) is 0 Å². The minimum Gasteiger partial charge on any atom is -0.304 e. The molecule has 0 aliphatic carbocycles. The number of piperazine rings is 1. The Kier molecular flexibility index (Phi) is 4.85. The lowest BCUT2D eigenvalue weighted by molar-refractivity contribution is 0.0757. The van der Waals surface area contributed by atoms with Crippen molar-refractivity contribution >= 4 is 0 Å². The summed E-state index contributed by atoms with van der Waals surface area (Å²) in [7, 11) is 2.19. The van der Waals surface area contributed by atoms with Gasteiger partial charge in [0.1, 0.15) is 0 Å². The van der Waals surface area contributed by atoms with Gasteiger partial charge in [-0.3, -0.25) is 5.43 Å². The molecule has 3 heteroatoms. The van der Waals surface area contributed by atoms with Crippen LogP contribution in [-0.2, 0) is 0 Å². The predicted octanol–water partition coefficient (Wildman–Crippen LogP) is 1.17. The fourth-order valence-corrected chi connectivity index (χ4v) is 1.88. The summed E-state index contributed by atoms with van der Waals surface area (Å²) in [5.74, 6) is 0.722. The molecule has 0 aromatic heterocycles. The normalized spacial score (nSPS) is 22.9. The third kappa shape index (κ3) is 3.56. The molecule has 0 spiro atoms. The molecule has 1 N–H and O–H groups in total. The molecule has 1 atom stereocenters. The van der Waals surface area contributed by atoms with Crippen LogP contribution in [0.3, 0.4) is 0 Å². The minimum atomic E-state index is 0.637. The van der Waals surface area contributed by atoms with E-state index in [2.05, 4.69) is 43.2 Å². The maximum absolute atomic E-state index is 3.63. The van der Waals surface area contributed by atoms with E-state index in [1.165, 1.54) is 19.5 Å². The van der Waals surface area contributed by atoms with Crippen molar-refractivity contribution in [3.05, 3.63) is 0 Å². The van der Waals surface area contributed by atoms with E-state index >= 15 is 0 Å². The predicted molar refractivity (Wildman–Crippen MR) is 61.1 cm³/mol. The van der Waals surface area contributed by atoms with Gasteiger partial charge in [-0.2, -0.15) is 0 Å². The van der Waals surface area contributed by atoms with Crippen molar-refractivity contribution in [2.75, 3.05) is 33.2 Å². The van der Waals surface area contributed by atoms with Crippen LogP contribution in [0.1, 0.15) is 27.2 Å². The molecule has 84 valence electrons.